The second-order valence-corrected chi connectivity index (χ2v) is 4.84. The van der Waals surface area contributed by atoms with Gasteiger partial charge in [0, 0.05) is 18.7 Å². The van der Waals surface area contributed by atoms with E-state index in [0.29, 0.717) is 24.2 Å². The first-order valence-electron chi connectivity index (χ1n) is 6.41. The van der Waals surface area contributed by atoms with E-state index in [1.807, 2.05) is 6.92 Å². The maximum absolute atomic E-state index is 13.3. The Kier molecular flexibility index (Phi) is 5.96. The molecular weight excluding hydrogens is 263 g/mol. The van der Waals surface area contributed by atoms with Gasteiger partial charge >= 0.3 is 12.0 Å². The maximum atomic E-state index is 13.3. The van der Waals surface area contributed by atoms with Crippen LogP contribution in [0.3, 0.4) is 0 Å². The number of amides is 2. The summed E-state index contributed by atoms with van der Waals surface area (Å²) in [6.07, 6.45) is 0.572. The molecule has 0 bridgehead atoms. The zero-order valence-corrected chi connectivity index (χ0v) is 11.6. The van der Waals surface area contributed by atoms with E-state index in [9.17, 15) is 14.0 Å². The van der Waals surface area contributed by atoms with Gasteiger partial charge in [-0.05, 0) is 37.0 Å². The van der Waals surface area contributed by atoms with Gasteiger partial charge in [-0.25, -0.2) is 9.18 Å². The van der Waals surface area contributed by atoms with Crippen LogP contribution >= 0.6 is 0 Å². The molecule has 110 valence electrons. The number of urea groups is 1. The number of rotatable bonds is 6. The smallest absolute Gasteiger partial charge is 0.319 e. The number of carbonyl (C=O) groups is 2. The molecule has 0 fully saturated rings. The zero-order chi connectivity index (χ0) is 15.1. The number of anilines is 1. The Labute approximate surface area is 117 Å². The molecular formula is C14H19FN2O3. The summed E-state index contributed by atoms with van der Waals surface area (Å²) in [5, 5.41) is 13.7. The molecule has 0 spiro atoms. The van der Waals surface area contributed by atoms with Crippen LogP contribution in [-0.4, -0.2) is 23.7 Å². The normalized spacial score (nSPS) is 11.8. The first kappa shape index (κ1) is 15.9. The summed E-state index contributed by atoms with van der Waals surface area (Å²) < 4.78 is 13.3. The highest BCUT2D eigenvalue weighted by atomic mass is 19.1. The Morgan fingerprint density at radius 3 is 2.70 bits per heavy atom. The van der Waals surface area contributed by atoms with Crippen molar-refractivity contribution in [1.29, 1.82) is 0 Å². The molecule has 0 aliphatic carbocycles. The summed E-state index contributed by atoms with van der Waals surface area (Å²) in [7, 11) is 0. The highest BCUT2D eigenvalue weighted by Gasteiger charge is 2.08. The van der Waals surface area contributed by atoms with E-state index in [2.05, 4.69) is 10.6 Å². The SMILES string of the molecule is Cc1ccc(NC(=O)NCC(C)CCC(=O)O)cc1F. The van der Waals surface area contributed by atoms with Crippen LogP contribution in [0.2, 0.25) is 0 Å². The topological polar surface area (TPSA) is 78.4 Å². The van der Waals surface area contributed by atoms with Crippen molar-refractivity contribution in [3.8, 4) is 0 Å². The molecule has 0 aliphatic heterocycles. The van der Waals surface area contributed by atoms with Crippen LogP contribution in [0.5, 0.6) is 0 Å². The molecule has 20 heavy (non-hydrogen) atoms. The maximum Gasteiger partial charge on any atom is 0.319 e. The number of hydrogen-bond acceptors (Lipinski definition) is 2. The predicted octanol–water partition coefficient (Wildman–Crippen LogP) is 2.76. The van der Waals surface area contributed by atoms with E-state index in [0.717, 1.165) is 0 Å². The summed E-state index contributed by atoms with van der Waals surface area (Å²) in [6.45, 7) is 3.87. The molecule has 3 N–H and O–H groups in total. The number of aryl methyl sites for hydroxylation is 1. The second-order valence-electron chi connectivity index (χ2n) is 4.84. The van der Waals surface area contributed by atoms with Gasteiger partial charge in [0.2, 0.25) is 0 Å². The van der Waals surface area contributed by atoms with Gasteiger partial charge in [-0.2, -0.15) is 0 Å². The van der Waals surface area contributed by atoms with Crippen LogP contribution in [0.4, 0.5) is 14.9 Å². The number of nitrogens with one attached hydrogen (secondary N) is 2. The lowest BCUT2D eigenvalue weighted by Crippen LogP contribution is -2.32. The second kappa shape index (κ2) is 7.47. The van der Waals surface area contributed by atoms with Crippen molar-refractivity contribution < 1.29 is 19.1 Å². The molecule has 0 aromatic heterocycles. The van der Waals surface area contributed by atoms with Crippen LogP contribution in [0.25, 0.3) is 0 Å². The molecule has 5 nitrogen and oxygen atoms in total. The quantitative estimate of drug-likeness (QED) is 0.750. The molecule has 1 rings (SSSR count). The van der Waals surface area contributed by atoms with Gasteiger partial charge < -0.3 is 15.7 Å². The minimum Gasteiger partial charge on any atom is -0.481 e. The van der Waals surface area contributed by atoms with E-state index in [1.165, 1.54) is 6.07 Å². The monoisotopic (exact) mass is 282 g/mol. The van der Waals surface area contributed by atoms with Gasteiger partial charge in [0.25, 0.3) is 0 Å². The third-order valence-electron chi connectivity index (χ3n) is 2.89. The molecule has 0 saturated heterocycles. The molecule has 1 aromatic carbocycles. The fourth-order valence-corrected chi connectivity index (χ4v) is 1.58. The van der Waals surface area contributed by atoms with E-state index in [-0.39, 0.29) is 18.2 Å². The van der Waals surface area contributed by atoms with Crippen molar-refractivity contribution in [1.82, 2.24) is 5.32 Å². The van der Waals surface area contributed by atoms with Gasteiger partial charge in [-0.15, -0.1) is 0 Å². The third-order valence-corrected chi connectivity index (χ3v) is 2.89. The average Bonchev–Trinajstić information content (AvgIpc) is 2.38. The summed E-state index contributed by atoms with van der Waals surface area (Å²) in [5.74, 6) is -1.17. The van der Waals surface area contributed by atoms with Crippen molar-refractivity contribution >= 4 is 17.7 Å². The van der Waals surface area contributed by atoms with Crippen molar-refractivity contribution in [2.24, 2.45) is 5.92 Å². The highest BCUT2D eigenvalue weighted by molar-refractivity contribution is 5.89. The molecule has 1 atom stereocenters. The van der Waals surface area contributed by atoms with Crippen molar-refractivity contribution in [2.75, 3.05) is 11.9 Å². The van der Waals surface area contributed by atoms with Crippen molar-refractivity contribution in [2.45, 2.75) is 26.7 Å². The molecule has 0 saturated carbocycles. The van der Waals surface area contributed by atoms with Gasteiger partial charge in [0.15, 0.2) is 0 Å². The van der Waals surface area contributed by atoms with Crippen molar-refractivity contribution in [3.63, 3.8) is 0 Å². The summed E-state index contributed by atoms with van der Waals surface area (Å²) >= 11 is 0. The first-order valence-corrected chi connectivity index (χ1v) is 6.41. The molecule has 0 aliphatic rings. The zero-order valence-electron chi connectivity index (χ0n) is 11.6. The Bertz CT molecular complexity index is 491. The lowest BCUT2D eigenvalue weighted by Gasteiger charge is -2.12. The van der Waals surface area contributed by atoms with Crippen LogP contribution in [0, 0.1) is 18.7 Å². The summed E-state index contributed by atoms with van der Waals surface area (Å²) in [4.78, 5) is 22.0. The van der Waals surface area contributed by atoms with Gasteiger partial charge in [0.1, 0.15) is 5.82 Å². The molecule has 1 unspecified atom stereocenters. The minimum absolute atomic E-state index is 0.0617. The number of benzene rings is 1. The van der Waals surface area contributed by atoms with Crippen LogP contribution in [0.1, 0.15) is 25.3 Å². The third kappa shape index (κ3) is 5.69. The van der Waals surface area contributed by atoms with Crippen LogP contribution in [-0.2, 0) is 4.79 Å². The van der Waals surface area contributed by atoms with Crippen LogP contribution in [0.15, 0.2) is 18.2 Å². The number of carboxylic acids is 1. The van der Waals surface area contributed by atoms with Gasteiger partial charge in [-0.1, -0.05) is 13.0 Å². The highest BCUT2D eigenvalue weighted by Crippen LogP contribution is 2.13. The molecule has 1 aromatic rings. The summed E-state index contributed by atoms with van der Waals surface area (Å²) in [5.41, 5.74) is 0.891. The number of carbonyl (C=O) groups excluding carboxylic acids is 1. The number of carboxylic acid groups (broad SMARTS) is 1. The molecule has 6 heteroatoms. The Hall–Kier alpha value is -2.11. The molecule has 0 radical (unpaired) electrons. The lowest BCUT2D eigenvalue weighted by molar-refractivity contribution is -0.137. The number of hydrogen-bond donors (Lipinski definition) is 3. The molecule has 0 heterocycles. The summed E-state index contributed by atoms with van der Waals surface area (Å²) in [6, 6.07) is 4.02. The van der Waals surface area contributed by atoms with Gasteiger partial charge in [0.05, 0.1) is 0 Å². The van der Waals surface area contributed by atoms with Crippen LogP contribution < -0.4 is 10.6 Å². The largest absolute Gasteiger partial charge is 0.481 e. The first-order chi connectivity index (χ1) is 9.38. The minimum atomic E-state index is -0.851. The number of aliphatic carboxylic acids is 1. The van der Waals surface area contributed by atoms with E-state index in [4.69, 9.17) is 5.11 Å². The Balaban J connectivity index is 2.36. The lowest BCUT2D eigenvalue weighted by atomic mass is 10.1. The van der Waals surface area contributed by atoms with Gasteiger partial charge in [-0.3, -0.25) is 4.79 Å². The fraction of sp³-hybridized carbons (Fsp3) is 0.429. The predicted molar refractivity (Wildman–Crippen MR) is 74.2 cm³/mol. The Morgan fingerprint density at radius 1 is 1.40 bits per heavy atom. The standard InChI is InChI=1S/C14H19FN2O3/c1-9(3-6-13(18)19)8-16-14(20)17-11-5-4-10(2)12(15)7-11/h4-5,7,9H,3,6,8H2,1-2H3,(H,18,19)(H2,16,17,20). The molecule has 2 amide bonds. The Morgan fingerprint density at radius 2 is 2.10 bits per heavy atom. The van der Waals surface area contributed by atoms with E-state index < -0.39 is 12.0 Å². The van der Waals surface area contributed by atoms with E-state index in [1.54, 1.807) is 19.1 Å². The van der Waals surface area contributed by atoms with Crippen molar-refractivity contribution in [3.05, 3.63) is 29.6 Å². The number of halogens is 1. The fourth-order valence-electron chi connectivity index (χ4n) is 1.58. The van der Waals surface area contributed by atoms with E-state index >= 15 is 0 Å². The average molecular weight is 282 g/mol.